The molecule has 6 heterocycles. The molecule has 0 saturated heterocycles. The molecule has 548 valence electrons. The molecule has 0 fully saturated rings. The van der Waals surface area contributed by atoms with Crippen LogP contribution < -0.4 is 0 Å². The van der Waals surface area contributed by atoms with E-state index in [1.54, 1.807) is 24.8 Å². The van der Waals surface area contributed by atoms with E-state index in [9.17, 15) is 0 Å². The number of hydrogen-bond acceptors (Lipinski definition) is 8. The van der Waals surface area contributed by atoms with Gasteiger partial charge in [0.15, 0.2) is 11.6 Å². The van der Waals surface area contributed by atoms with Crippen molar-refractivity contribution in [2.45, 2.75) is 0 Å². The monoisotopic (exact) mass is 1500 g/mol. The van der Waals surface area contributed by atoms with Crippen molar-refractivity contribution < 1.29 is 0 Å². The van der Waals surface area contributed by atoms with E-state index >= 15 is 0 Å². The van der Waals surface area contributed by atoms with E-state index < -0.39 is 0 Å². The topological polar surface area (TPSA) is 103 Å². The third-order valence-electron chi connectivity index (χ3n) is 23.2. The van der Waals surface area contributed by atoms with E-state index in [1.165, 1.54) is 152 Å². The Balaban J connectivity index is 0.000000107. The number of pyridine rings is 4. The van der Waals surface area contributed by atoms with Gasteiger partial charge in [-0.3, -0.25) is 19.9 Å². The minimum Gasteiger partial charge on any atom is -0.256 e. The second-order valence-electron chi connectivity index (χ2n) is 30.1. The quantitative estimate of drug-likeness (QED) is 0.139. The molecular formula is C110H68N8. The Morgan fingerprint density at radius 3 is 0.703 bits per heavy atom. The zero-order chi connectivity index (χ0) is 78.0. The Hall–Kier alpha value is -15.9. The van der Waals surface area contributed by atoms with Gasteiger partial charge in [0.1, 0.15) is 0 Å². The molecule has 0 amide bonds. The van der Waals surface area contributed by atoms with Crippen molar-refractivity contribution in [2.24, 2.45) is 0 Å². The molecule has 0 bridgehead atoms. The minimum atomic E-state index is 0.671. The standard InChI is InChI=1S/2C37H23N.C36H22N6/c2*1-2-9-33-31(7-1)32-8-3-4-10-34(32)36-22-28(17-18-35(33)36)26-14-11-24-12-15-27(21-30(24)20-26)29-16-13-25-6-5-19-38-37(25)23-29;1-2-8-26-25(7-1)29-21-23(35-39-19-15-33(41-35)31-9-3-5-17-37-31)11-13-27(29)28-14-12-24(22-30(26)28)36-40-20-16-34(42-36)32-10-4-6-18-38-32/h2*1-23H;1-22H. The van der Waals surface area contributed by atoms with Crippen LogP contribution in [0.4, 0.5) is 0 Å². The van der Waals surface area contributed by atoms with Crippen LogP contribution in [-0.2, 0) is 0 Å². The van der Waals surface area contributed by atoms with Gasteiger partial charge in [0.25, 0.3) is 0 Å². The Morgan fingerprint density at radius 2 is 0.381 bits per heavy atom. The summed E-state index contributed by atoms with van der Waals surface area (Å²) in [6.07, 6.45) is 10.9. The summed E-state index contributed by atoms with van der Waals surface area (Å²) in [5, 5.41) is 29.9. The van der Waals surface area contributed by atoms with Gasteiger partial charge in [0.2, 0.25) is 0 Å². The van der Waals surface area contributed by atoms with Crippen LogP contribution in [0.25, 0.3) is 230 Å². The van der Waals surface area contributed by atoms with Gasteiger partial charge in [-0.2, -0.15) is 0 Å². The molecule has 24 aromatic rings. The number of aromatic nitrogens is 8. The van der Waals surface area contributed by atoms with E-state index in [2.05, 4.69) is 345 Å². The highest BCUT2D eigenvalue weighted by Crippen LogP contribution is 2.43. The molecule has 0 unspecified atom stereocenters. The van der Waals surface area contributed by atoms with Gasteiger partial charge < -0.3 is 0 Å². The Morgan fingerprint density at radius 1 is 0.127 bits per heavy atom. The summed E-state index contributed by atoms with van der Waals surface area (Å²) < 4.78 is 0. The highest BCUT2D eigenvalue weighted by Gasteiger charge is 2.18. The molecule has 8 heteroatoms. The summed E-state index contributed by atoms with van der Waals surface area (Å²) in [4.78, 5) is 36.9. The summed E-state index contributed by atoms with van der Waals surface area (Å²) in [6, 6.07) is 134. The van der Waals surface area contributed by atoms with Gasteiger partial charge in [-0.05, 0) is 272 Å². The number of nitrogens with zero attached hydrogens (tertiary/aromatic N) is 8. The van der Waals surface area contributed by atoms with E-state index in [-0.39, 0.29) is 0 Å². The van der Waals surface area contributed by atoms with E-state index in [1.807, 2.05) is 73.1 Å². The summed E-state index contributed by atoms with van der Waals surface area (Å²) in [6.45, 7) is 0. The first-order valence-electron chi connectivity index (χ1n) is 39.8. The maximum absolute atomic E-state index is 4.84. The number of hydrogen-bond donors (Lipinski definition) is 0. The third-order valence-corrected chi connectivity index (χ3v) is 23.2. The molecule has 0 aliphatic rings. The second-order valence-corrected chi connectivity index (χ2v) is 30.1. The summed E-state index contributed by atoms with van der Waals surface area (Å²) in [7, 11) is 0. The maximum Gasteiger partial charge on any atom is 0.159 e. The van der Waals surface area contributed by atoms with Gasteiger partial charge in [0.05, 0.1) is 33.8 Å². The van der Waals surface area contributed by atoms with E-state index in [4.69, 9.17) is 9.97 Å². The third kappa shape index (κ3) is 12.6. The Kier molecular flexibility index (Phi) is 17.1. The first-order valence-corrected chi connectivity index (χ1v) is 39.8. The van der Waals surface area contributed by atoms with Crippen molar-refractivity contribution >= 4 is 140 Å². The predicted octanol–water partition coefficient (Wildman–Crippen LogP) is 28.5. The van der Waals surface area contributed by atoms with Crippen LogP contribution in [-0.4, -0.2) is 39.9 Å². The van der Waals surface area contributed by atoms with Gasteiger partial charge >= 0.3 is 0 Å². The fraction of sp³-hybridized carbons (Fsp3) is 0. The van der Waals surface area contributed by atoms with Crippen molar-refractivity contribution in [1.82, 2.24) is 39.9 Å². The second kappa shape index (κ2) is 29.3. The fourth-order valence-electron chi connectivity index (χ4n) is 17.4. The molecule has 0 spiro atoms. The van der Waals surface area contributed by atoms with Crippen LogP contribution >= 0.6 is 0 Å². The molecule has 8 nitrogen and oxygen atoms in total. The van der Waals surface area contributed by atoms with Crippen LogP contribution in [0.5, 0.6) is 0 Å². The van der Waals surface area contributed by atoms with Crippen molar-refractivity contribution in [2.75, 3.05) is 0 Å². The Bertz CT molecular complexity index is 7580. The van der Waals surface area contributed by atoms with Crippen LogP contribution in [0.2, 0.25) is 0 Å². The van der Waals surface area contributed by atoms with Crippen LogP contribution in [0, 0.1) is 0 Å². The van der Waals surface area contributed by atoms with Crippen molar-refractivity contribution in [3.8, 4) is 90.1 Å². The molecule has 18 aromatic carbocycles. The maximum atomic E-state index is 4.84. The van der Waals surface area contributed by atoms with Crippen molar-refractivity contribution in [1.29, 1.82) is 0 Å². The van der Waals surface area contributed by atoms with Gasteiger partial charge in [-0.1, -0.05) is 267 Å². The molecule has 0 N–H and O–H groups in total. The molecule has 0 radical (unpaired) electrons. The molecule has 0 aliphatic carbocycles. The zero-order valence-corrected chi connectivity index (χ0v) is 63.8. The highest BCUT2D eigenvalue weighted by molar-refractivity contribution is 6.28. The molecule has 24 rings (SSSR count). The zero-order valence-electron chi connectivity index (χ0n) is 63.8. The highest BCUT2D eigenvalue weighted by atomic mass is 14.9. The average Bonchev–Trinajstić information content (AvgIpc) is 0.744. The van der Waals surface area contributed by atoms with E-state index in [0.717, 1.165) is 66.5 Å². The minimum absolute atomic E-state index is 0.671. The van der Waals surface area contributed by atoms with Gasteiger partial charge in [-0.25, -0.2) is 19.9 Å². The molecule has 0 saturated carbocycles. The number of fused-ring (bicyclic) bond motifs is 22. The molecule has 118 heavy (non-hydrogen) atoms. The van der Waals surface area contributed by atoms with Gasteiger partial charge in [-0.15, -0.1) is 0 Å². The molecule has 0 aliphatic heterocycles. The first-order chi connectivity index (χ1) is 58.4. The predicted molar refractivity (Wildman–Crippen MR) is 493 cm³/mol. The molecule has 6 aromatic heterocycles. The Labute approximate surface area is 679 Å². The largest absolute Gasteiger partial charge is 0.256 e. The fourth-order valence-corrected chi connectivity index (χ4v) is 17.4. The summed E-state index contributed by atoms with van der Waals surface area (Å²) in [5.41, 5.74) is 16.9. The van der Waals surface area contributed by atoms with Crippen molar-refractivity contribution in [3.63, 3.8) is 0 Å². The SMILES string of the molecule is c1ccc(-c2ccnc(-c3ccc4c5ccc(-c6nccc(-c7ccccn7)n6)cc5c5ccccc5c4c3)n2)nc1.c1cnc2cc(-c3ccc4ccc(-c5ccc6c7ccccc7c7ccccc7c6c5)cc4c3)ccc2c1.c1cnc2cc(-c3ccc4ccc(-c5ccc6c7ccccc7c7ccccc7c6c5)cc4c3)ccc2c1. The van der Waals surface area contributed by atoms with Crippen LogP contribution in [0.3, 0.4) is 0 Å². The lowest BCUT2D eigenvalue weighted by molar-refractivity contribution is 1.16. The lowest BCUT2D eigenvalue weighted by Crippen LogP contribution is -1.94. The van der Waals surface area contributed by atoms with Crippen LogP contribution in [0.15, 0.2) is 413 Å². The molecule has 0 atom stereocenters. The van der Waals surface area contributed by atoms with E-state index in [0.29, 0.717) is 11.6 Å². The summed E-state index contributed by atoms with van der Waals surface area (Å²) >= 11 is 0. The first kappa shape index (κ1) is 68.9. The lowest BCUT2D eigenvalue weighted by atomic mass is 9.91. The molecular weight excluding hydrogens is 1430 g/mol. The lowest BCUT2D eigenvalue weighted by Gasteiger charge is -2.13. The number of benzene rings is 18. The summed E-state index contributed by atoms with van der Waals surface area (Å²) in [5.74, 6) is 1.34. The average molecular weight is 1500 g/mol. The van der Waals surface area contributed by atoms with Crippen molar-refractivity contribution in [3.05, 3.63) is 413 Å². The normalized spacial score (nSPS) is 11.6. The van der Waals surface area contributed by atoms with Crippen LogP contribution in [0.1, 0.15) is 0 Å². The number of rotatable bonds is 8. The van der Waals surface area contributed by atoms with Gasteiger partial charge in [0, 0.05) is 59.1 Å². The smallest absolute Gasteiger partial charge is 0.159 e.